The number of nitrogens with zero attached hydrogens (tertiary/aromatic N) is 1. The van der Waals surface area contributed by atoms with Crippen LogP contribution >= 0.6 is 11.6 Å². The molecule has 1 heterocycles. The van der Waals surface area contributed by atoms with E-state index in [4.69, 9.17) is 16.1 Å². The third-order valence-electron chi connectivity index (χ3n) is 3.52. The largest absolute Gasteiger partial charge is 0.361 e. The second kappa shape index (κ2) is 7.19. The Morgan fingerprint density at radius 3 is 2.35 bits per heavy atom. The highest BCUT2D eigenvalue weighted by Gasteiger charge is 2.17. The first-order valence-corrected chi connectivity index (χ1v) is 9.33. The molecule has 0 fully saturated rings. The average molecular weight is 392 g/mol. The minimum absolute atomic E-state index is 0.0121. The molecule has 134 valence electrons. The van der Waals surface area contributed by atoms with Crippen molar-refractivity contribution in [1.82, 2.24) is 5.16 Å². The molecule has 0 aliphatic heterocycles. The fourth-order valence-corrected chi connectivity index (χ4v) is 3.79. The number of carbonyl (C=O) groups is 1. The Morgan fingerprint density at radius 2 is 1.73 bits per heavy atom. The lowest BCUT2D eigenvalue weighted by molar-refractivity contribution is 0.102. The molecule has 0 aliphatic rings. The zero-order chi connectivity index (χ0) is 18.7. The maximum Gasteiger partial charge on any atom is 0.263 e. The molecule has 0 unspecified atom stereocenters. The fraction of sp³-hybridized carbons (Fsp3) is 0.0588. The van der Waals surface area contributed by atoms with Gasteiger partial charge in [-0.25, -0.2) is 8.42 Å². The van der Waals surface area contributed by atoms with Gasteiger partial charge in [0.25, 0.3) is 15.9 Å². The summed E-state index contributed by atoms with van der Waals surface area (Å²) < 4.78 is 32.1. The zero-order valence-corrected chi connectivity index (χ0v) is 15.1. The topological polar surface area (TPSA) is 101 Å². The van der Waals surface area contributed by atoms with E-state index in [-0.39, 0.29) is 15.8 Å². The number of aryl methyl sites for hydroxylation is 1. The van der Waals surface area contributed by atoms with Gasteiger partial charge in [0.1, 0.15) is 16.2 Å². The molecule has 9 heteroatoms. The van der Waals surface area contributed by atoms with E-state index in [0.29, 0.717) is 22.7 Å². The van der Waals surface area contributed by atoms with Crippen molar-refractivity contribution in [2.24, 2.45) is 0 Å². The van der Waals surface area contributed by atoms with Gasteiger partial charge in [-0.15, -0.1) is 0 Å². The predicted octanol–water partition coefficient (Wildman–Crippen LogP) is 3.69. The molecular formula is C17H14ClN3O4S. The van der Waals surface area contributed by atoms with Crippen molar-refractivity contribution < 1.29 is 17.7 Å². The van der Waals surface area contributed by atoms with Gasteiger partial charge in [0, 0.05) is 11.4 Å². The smallest absolute Gasteiger partial charge is 0.263 e. The number of anilines is 2. The molecule has 0 saturated carbocycles. The van der Waals surface area contributed by atoms with Gasteiger partial charge in [-0.1, -0.05) is 28.9 Å². The van der Waals surface area contributed by atoms with Crippen LogP contribution in [-0.4, -0.2) is 19.5 Å². The highest BCUT2D eigenvalue weighted by molar-refractivity contribution is 7.92. The first-order valence-electron chi connectivity index (χ1n) is 7.47. The van der Waals surface area contributed by atoms with Gasteiger partial charge in [-0.2, -0.15) is 0 Å². The van der Waals surface area contributed by atoms with Crippen molar-refractivity contribution in [2.45, 2.75) is 11.8 Å². The molecule has 0 atom stereocenters. The monoisotopic (exact) mass is 391 g/mol. The van der Waals surface area contributed by atoms with Gasteiger partial charge in [0.15, 0.2) is 0 Å². The Balaban J connectivity index is 1.73. The minimum Gasteiger partial charge on any atom is -0.361 e. The van der Waals surface area contributed by atoms with Crippen LogP contribution in [0.2, 0.25) is 5.02 Å². The van der Waals surface area contributed by atoms with Crippen molar-refractivity contribution >= 4 is 38.9 Å². The van der Waals surface area contributed by atoms with E-state index in [1.165, 1.54) is 30.5 Å². The van der Waals surface area contributed by atoms with Crippen molar-refractivity contribution in [3.63, 3.8) is 0 Å². The summed E-state index contributed by atoms with van der Waals surface area (Å²) in [5, 5.41) is 6.36. The second-order valence-electron chi connectivity index (χ2n) is 5.36. The van der Waals surface area contributed by atoms with Crippen LogP contribution in [0.4, 0.5) is 11.4 Å². The summed E-state index contributed by atoms with van der Waals surface area (Å²) in [4.78, 5) is 12.1. The lowest BCUT2D eigenvalue weighted by atomic mass is 10.2. The summed E-state index contributed by atoms with van der Waals surface area (Å²) in [5.74, 6) is 0.0415. The van der Waals surface area contributed by atoms with Gasteiger partial charge < -0.3 is 9.84 Å². The maximum atomic E-state index is 12.4. The van der Waals surface area contributed by atoms with E-state index in [0.717, 1.165) is 0 Å². The Kier molecular flexibility index (Phi) is 4.97. The standard InChI is InChI=1S/C17H14ClN3O4S/c1-11-14(10-19-25-11)17(22)20-12-6-8-13(9-7-12)21-26(23,24)16-5-3-2-4-15(16)18/h2-10,21H,1H3,(H,20,22). The zero-order valence-electron chi connectivity index (χ0n) is 13.6. The molecule has 0 spiro atoms. The van der Waals surface area contributed by atoms with E-state index in [2.05, 4.69) is 15.2 Å². The molecule has 0 radical (unpaired) electrons. The van der Waals surface area contributed by atoms with Crippen molar-refractivity contribution in [3.8, 4) is 0 Å². The summed E-state index contributed by atoms with van der Waals surface area (Å²) in [5.41, 5.74) is 1.16. The first kappa shape index (κ1) is 18.0. The predicted molar refractivity (Wildman–Crippen MR) is 97.9 cm³/mol. The third kappa shape index (κ3) is 3.87. The number of nitrogens with one attached hydrogen (secondary N) is 2. The third-order valence-corrected chi connectivity index (χ3v) is 5.40. The molecule has 0 saturated heterocycles. The Hall–Kier alpha value is -2.84. The van der Waals surface area contributed by atoms with E-state index in [1.807, 2.05) is 0 Å². The Bertz CT molecular complexity index is 1050. The summed E-state index contributed by atoms with van der Waals surface area (Å²) in [6, 6.07) is 12.4. The van der Waals surface area contributed by atoms with Gasteiger partial charge >= 0.3 is 0 Å². The molecule has 7 nitrogen and oxygen atoms in total. The van der Waals surface area contributed by atoms with Gasteiger partial charge in [-0.05, 0) is 43.3 Å². The van der Waals surface area contributed by atoms with Crippen LogP contribution in [-0.2, 0) is 10.0 Å². The normalized spacial score (nSPS) is 11.2. The number of halogens is 1. The second-order valence-corrected chi connectivity index (χ2v) is 7.42. The summed E-state index contributed by atoms with van der Waals surface area (Å²) >= 11 is 5.94. The highest BCUT2D eigenvalue weighted by atomic mass is 35.5. The first-order chi connectivity index (χ1) is 12.4. The molecule has 26 heavy (non-hydrogen) atoms. The van der Waals surface area contributed by atoms with Crippen molar-refractivity contribution in [2.75, 3.05) is 10.0 Å². The van der Waals surface area contributed by atoms with Crippen LogP contribution in [0.3, 0.4) is 0 Å². The molecule has 1 aromatic heterocycles. The summed E-state index contributed by atoms with van der Waals surface area (Å²) in [6.07, 6.45) is 1.33. The number of hydrogen-bond acceptors (Lipinski definition) is 5. The Labute approximate surface area is 155 Å². The van der Waals surface area contributed by atoms with Gasteiger partial charge in [-0.3, -0.25) is 9.52 Å². The van der Waals surface area contributed by atoms with Crippen LogP contribution in [0.5, 0.6) is 0 Å². The highest BCUT2D eigenvalue weighted by Crippen LogP contribution is 2.24. The fourth-order valence-electron chi connectivity index (χ4n) is 2.21. The molecule has 3 rings (SSSR count). The van der Waals surface area contributed by atoms with E-state index < -0.39 is 10.0 Å². The van der Waals surface area contributed by atoms with Crippen LogP contribution in [0.15, 0.2) is 64.1 Å². The quantitative estimate of drug-likeness (QED) is 0.690. The molecule has 2 aromatic carbocycles. The minimum atomic E-state index is -3.81. The number of amides is 1. The van der Waals surface area contributed by atoms with E-state index in [1.54, 1.807) is 31.2 Å². The average Bonchev–Trinajstić information content (AvgIpc) is 3.03. The van der Waals surface area contributed by atoms with Crippen molar-refractivity contribution in [1.29, 1.82) is 0 Å². The number of rotatable bonds is 5. The maximum absolute atomic E-state index is 12.4. The van der Waals surface area contributed by atoms with Crippen LogP contribution < -0.4 is 10.0 Å². The van der Waals surface area contributed by atoms with Crippen LogP contribution in [0.25, 0.3) is 0 Å². The van der Waals surface area contributed by atoms with Crippen LogP contribution in [0.1, 0.15) is 16.1 Å². The SMILES string of the molecule is Cc1oncc1C(=O)Nc1ccc(NS(=O)(=O)c2ccccc2Cl)cc1. The van der Waals surface area contributed by atoms with E-state index >= 15 is 0 Å². The Morgan fingerprint density at radius 1 is 1.08 bits per heavy atom. The summed E-state index contributed by atoms with van der Waals surface area (Å²) in [7, 11) is -3.81. The number of hydrogen-bond donors (Lipinski definition) is 2. The molecule has 2 N–H and O–H groups in total. The van der Waals surface area contributed by atoms with Gasteiger partial charge in [0.2, 0.25) is 0 Å². The lowest BCUT2D eigenvalue weighted by Gasteiger charge is -2.10. The molecule has 0 aliphatic carbocycles. The van der Waals surface area contributed by atoms with Crippen molar-refractivity contribution in [3.05, 3.63) is 71.1 Å². The number of carbonyl (C=O) groups excluding carboxylic acids is 1. The molecular weight excluding hydrogens is 378 g/mol. The number of benzene rings is 2. The van der Waals surface area contributed by atoms with Gasteiger partial charge in [0.05, 0.1) is 11.2 Å². The lowest BCUT2D eigenvalue weighted by Crippen LogP contribution is -2.14. The van der Waals surface area contributed by atoms with E-state index in [9.17, 15) is 13.2 Å². The molecule has 3 aromatic rings. The van der Waals surface area contributed by atoms with Crippen LogP contribution in [0, 0.1) is 6.92 Å². The number of aromatic nitrogens is 1. The summed E-state index contributed by atoms with van der Waals surface area (Å²) in [6.45, 7) is 1.63. The molecule has 1 amide bonds. The molecule has 0 bridgehead atoms. The number of sulfonamides is 1.